The molecule has 0 bridgehead atoms. The van der Waals surface area contributed by atoms with E-state index in [9.17, 15) is 0 Å². The van der Waals surface area contributed by atoms with Crippen LogP contribution in [0.15, 0.2) is 18.3 Å². The van der Waals surface area contributed by atoms with Gasteiger partial charge in [0.15, 0.2) is 5.11 Å². The van der Waals surface area contributed by atoms with Crippen molar-refractivity contribution in [1.29, 1.82) is 0 Å². The summed E-state index contributed by atoms with van der Waals surface area (Å²) in [5.41, 5.74) is 0.906. The SMILES string of the molecule is CC(C)CNC(=S)Nc1ccc(N2CCOCC2)nc1. The highest BCUT2D eigenvalue weighted by Crippen LogP contribution is 2.15. The molecule has 2 heterocycles. The fourth-order valence-corrected chi connectivity index (χ4v) is 2.11. The van der Waals surface area contributed by atoms with Crippen LogP contribution in [0, 0.1) is 5.92 Å². The number of aromatic nitrogens is 1. The van der Waals surface area contributed by atoms with Crippen LogP contribution in [0.3, 0.4) is 0 Å². The Morgan fingerprint density at radius 2 is 2.15 bits per heavy atom. The lowest BCUT2D eigenvalue weighted by molar-refractivity contribution is 0.122. The summed E-state index contributed by atoms with van der Waals surface area (Å²) in [6.07, 6.45) is 1.81. The van der Waals surface area contributed by atoms with E-state index >= 15 is 0 Å². The molecular weight excluding hydrogens is 272 g/mol. The number of hydrogen-bond donors (Lipinski definition) is 2. The molecule has 0 spiro atoms. The van der Waals surface area contributed by atoms with E-state index in [2.05, 4.69) is 34.4 Å². The second-order valence-electron chi connectivity index (χ2n) is 5.23. The van der Waals surface area contributed by atoms with E-state index in [4.69, 9.17) is 17.0 Å². The number of rotatable bonds is 4. The maximum atomic E-state index is 5.34. The van der Waals surface area contributed by atoms with Crippen molar-refractivity contribution in [2.45, 2.75) is 13.8 Å². The van der Waals surface area contributed by atoms with Gasteiger partial charge in [0, 0.05) is 19.6 Å². The summed E-state index contributed by atoms with van der Waals surface area (Å²) in [6, 6.07) is 4.01. The number of morpholine rings is 1. The largest absolute Gasteiger partial charge is 0.378 e. The Bertz CT molecular complexity index is 429. The number of pyridine rings is 1. The maximum absolute atomic E-state index is 5.34. The smallest absolute Gasteiger partial charge is 0.170 e. The van der Waals surface area contributed by atoms with E-state index in [1.165, 1.54) is 0 Å². The molecule has 0 unspecified atom stereocenters. The molecule has 0 amide bonds. The van der Waals surface area contributed by atoms with Crippen LogP contribution in [-0.2, 0) is 4.74 Å². The molecule has 1 aromatic heterocycles. The normalized spacial score (nSPS) is 15.2. The van der Waals surface area contributed by atoms with E-state index in [-0.39, 0.29) is 0 Å². The van der Waals surface area contributed by atoms with Crippen molar-refractivity contribution in [2.75, 3.05) is 43.1 Å². The minimum atomic E-state index is 0.566. The molecule has 0 radical (unpaired) electrons. The fourth-order valence-electron chi connectivity index (χ4n) is 1.91. The number of anilines is 2. The van der Waals surface area contributed by atoms with E-state index in [0.29, 0.717) is 11.0 Å². The van der Waals surface area contributed by atoms with E-state index in [0.717, 1.165) is 44.4 Å². The van der Waals surface area contributed by atoms with Crippen LogP contribution in [0.1, 0.15) is 13.8 Å². The third-order valence-electron chi connectivity index (χ3n) is 3.01. The van der Waals surface area contributed by atoms with Crippen molar-refractivity contribution >= 4 is 28.8 Å². The number of nitrogens with zero attached hydrogens (tertiary/aromatic N) is 2. The van der Waals surface area contributed by atoms with Gasteiger partial charge in [-0.15, -0.1) is 0 Å². The molecule has 2 N–H and O–H groups in total. The Morgan fingerprint density at radius 3 is 2.75 bits per heavy atom. The van der Waals surface area contributed by atoms with Gasteiger partial charge in [0.1, 0.15) is 5.82 Å². The Morgan fingerprint density at radius 1 is 1.40 bits per heavy atom. The van der Waals surface area contributed by atoms with Crippen LogP contribution < -0.4 is 15.5 Å². The van der Waals surface area contributed by atoms with Crippen LogP contribution in [0.5, 0.6) is 0 Å². The molecule has 0 atom stereocenters. The molecule has 1 aliphatic heterocycles. The van der Waals surface area contributed by atoms with Crippen LogP contribution in [0.25, 0.3) is 0 Å². The van der Waals surface area contributed by atoms with Crippen molar-refractivity contribution in [2.24, 2.45) is 5.92 Å². The molecule has 5 nitrogen and oxygen atoms in total. The average molecular weight is 294 g/mol. The van der Waals surface area contributed by atoms with Gasteiger partial charge >= 0.3 is 0 Å². The first kappa shape index (κ1) is 15.0. The first-order valence-electron chi connectivity index (χ1n) is 6.99. The zero-order valence-electron chi connectivity index (χ0n) is 12.1. The molecule has 110 valence electrons. The van der Waals surface area contributed by atoms with Crippen LogP contribution >= 0.6 is 12.2 Å². The van der Waals surface area contributed by atoms with Crippen molar-refractivity contribution < 1.29 is 4.74 Å². The summed E-state index contributed by atoms with van der Waals surface area (Å²) < 4.78 is 5.34. The van der Waals surface area contributed by atoms with Crippen LogP contribution in [0.2, 0.25) is 0 Å². The van der Waals surface area contributed by atoms with Gasteiger partial charge in [-0.3, -0.25) is 0 Å². The summed E-state index contributed by atoms with van der Waals surface area (Å²) in [6.45, 7) is 8.49. The Balaban J connectivity index is 1.86. The number of nitrogens with one attached hydrogen (secondary N) is 2. The molecule has 1 fully saturated rings. The van der Waals surface area contributed by atoms with Crippen LogP contribution in [0.4, 0.5) is 11.5 Å². The average Bonchev–Trinajstić information content (AvgIpc) is 2.47. The lowest BCUT2D eigenvalue weighted by atomic mass is 10.2. The molecule has 1 aliphatic rings. The van der Waals surface area contributed by atoms with Crippen molar-refractivity contribution in [1.82, 2.24) is 10.3 Å². The van der Waals surface area contributed by atoms with Gasteiger partial charge in [0.2, 0.25) is 0 Å². The molecule has 2 rings (SSSR count). The van der Waals surface area contributed by atoms with E-state index in [1.807, 2.05) is 18.3 Å². The van der Waals surface area contributed by atoms with E-state index in [1.54, 1.807) is 0 Å². The monoisotopic (exact) mass is 294 g/mol. The second-order valence-corrected chi connectivity index (χ2v) is 5.64. The van der Waals surface area contributed by atoms with Gasteiger partial charge in [-0.25, -0.2) is 4.98 Å². The number of thiocarbonyl (C=S) groups is 1. The standard InChI is InChI=1S/C14H22N4OS/c1-11(2)9-16-14(20)17-12-3-4-13(15-10-12)18-5-7-19-8-6-18/h3-4,10-11H,5-9H2,1-2H3,(H2,16,17,20). The lowest BCUT2D eigenvalue weighted by Gasteiger charge is -2.27. The minimum Gasteiger partial charge on any atom is -0.378 e. The van der Waals surface area contributed by atoms with Crippen molar-refractivity contribution in [3.63, 3.8) is 0 Å². The second kappa shape index (κ2) is 7.40. The molecule has 0 aromatic carbocycles. The molecular formula is C14H22N4OS. The molecule has 0 saturated carbocycles. The molecule has 1 saturated heterocycles. The predicted octanol–water partition coefficient (Wildman–Crippen LogP) is 1.86. The Kier molecular flexibility index (Phi) is 5.55. The molecule has 0 aliphatic carbocycles. The topological polar surface area (TPSA) is 49.4 Å². The zero-order chi connectivity index (χ0) is 14.4. The third-order valence-corrected chi connectivity index (χ3v) is 3.26. The van der Waals surface area contributed by atoms with Gasteiger partial charge < -0.3 is 20.3 Å². The summed E-state index contributed by atoms with van der Waals surface area (Å²) in [5.74, 6) is 1.55. The maximum Gasteiger partial charge on any atom is 0.170 e. The number of hydrogen-bond acceptors (Lipinski definition) is 4. The molecule has 6 heteroatoms. The highest BCUT2D eigenvalue weighted by Gasteiger charge is 2.11. The quantitative estimate of drug-likeness (QED) is 0.827. The van der Waals surface area contributed by atoms with Crippen LogP contribution in [-0.4, -0.2) is 42.9 Å². The van der Waals surface area contributed by atoms with Gasteiger partial charge in [0.05, 0.1) is 25.1 Å². The molecule has 20 heavy (non-hydrogen) atoms. The van der Waals surface area contributed by atoms with Gasteiger partial charge in [-0.2, -0.15) is 0 Å². The third kappa shape index (κ3) is 4.61. The van der Waals surface area contributed by atoms with Crippen molar-refractivity contribution in [3.8, 4) is 0 Å². The van der Waals surface area contributed by atoms with Crippen molar-refractivity contribution in [3.05, 3.63) is 18.3 Å². The predicted molar refractivity (Wildman–Crippen MR) is 86.3 cm³/mol. The highest BCUT2D eigenvalue weighted by molar-refractivity contribution is 7.80. The summed E-state index contributed by atoms with van der Waals surface area (Å²) in [7, 11) is 0. The summed E-state index contributed by atoms with van der Waals surface area (Å²) >= 11 is 5.24. The fraction of sp³-hybridized carbons (Fsp3) is 0.571. The summed E-state index contributed by atoms with van der Waals surface area (Å²) in [5, 5.41) is 6.95. The zero-order valence-corrected chi connectivity index (χ0v) is 12.9. The van der Waals surface area contributed by atoms with Gasteiger partial charge in [-0.1, -0.05) is 13.8 Å². The molecule has 1 aromatic rings. The first-order valence-corrected chi connectivity index (χ1v) is 7.39. The van der Waals surface area contributed by atoms with Gasteiger partial charge in [-0.05, 0) is 30.3 Å². The van der Waals surface area contributed by atoms with Gasteiger partial charge in [0.25, 0.3) is 0 Å². The summed E-state index contributed by atoms with van der Waals surface area (Å²) in [4.78, 5) is 6.70. The highest BCUT2D eigenvalue weighted by atomic mass is 32.1. The Hall–Kier alpha value is -1.40. The van der Waals surface area contributed by atoms with E-state index < -0.39 is 0 Å². The number of ether oxygens (including phenoxy) is 1. The lowest BCUT2D eigenvalue weighted by Crippen LogP contribution is -2.36. The Labute approximate surface area is 125 Å². The minimum absolute atomic E-state index is 0.566. The first-order chi connectivity index (χ1) is 9.65.